The number of unbranched alkanes of at least 4 members (excludes halogenated alkanes) is 1. The van der Waals surface area contributed by atoms with Gasteiger partial charge in [0.15, 0.2) is 0 Å². The minimum atomic E-state index is -0.568. The molecule has 0 amide bonds. The van der Waals surface area contributed by atoms with Crippen molar-refractivity contribution < 1.29 is 9.53 Å². The van der Waals surface area contributed by atoms with Crippen LogP contribution in [-0.4, -0.2) is 22.5 Å². The van der Waals surface area contributed by atoms with E-state index in [0.717, 1.165) is 48.1 Å². The van der Waals surface area contributed by atoms with E-state index in [-0.39, 0.29) is 5.57 Å². The standard InChI is InChI=1S/C22H23N3O2/c1-3-5-7-15(4-2)14-27-22(26)18(12-23)20-16-9-11-24-13-19(16)21-17(20)8-6-10-25-21/h6,8-11,13,15H,3-5,7,14H2,1-2H3/b20-18-. The maximum Gasteiger partial charge on any atom is 0.349 e. The van der Waals surface area contributed by atoms with Crippen molar-refractivity contribution in [1.82, 2.24) is 9.97 Å². The van der Waals surface area contributed by atoms with Gasteiger partial charge in [0.25, 0.3) is 0 Å². The van der Waals surface area contributed by atoms with Crippen LogP contribution in [0.4, 0.5) is 0 Å². The molecule has 2 aromatic heterocycles. The lowest BCUT2D eigenvalue weighted by Crippen LogP contribution is -2.16. The van der Waals surface area contributed by atoms with Crippen molar-refractivity contribution in [2.75, 3.05) is 6.61 Å². The fraction of sp³-hybridized carbons (Fsp3) is 0.364. The van der Waals surface area contributed by atoms with Crippen molar-refractivity contribution in [2.24, 2.45) is 5.92 Å². The quantitative estimate of drug-likeness (QED) is 0.351. The van der Waals surface area contributed by atoms with Gasteiger partial charge >= 0.3 is 5.97 Å². The lowest BCUT2D eigenvalue weighted by molar-refractivity contribution is -0.139. The second-order valence-electron chi connectivity index (χ2n) is 6.70. The third-order valence-corrected chi connectivity index (χ3v) is 4.98. The molecule has 0 bridgehead atoms. The molecule has 0 N–H and O–H groups in total. The minimum Gasteiger partial charge on any atom is -0.461 e. The molecule has 2 aromatic rings. The van der Waals surface area contributed by atoms with Crippen molar-refractivity contribution in [1.29, 1.82) is 5.26 Å². The van der Waals surface area contributed by atoms with Gasteiger partial charge in [0.1, 0.15) is 11.6 Å². The van der Waals surface area contributed by atoms with Crippen molar-refractivity contribution in [3.63, 3.8) is 0 Å². The summed E-state index contributed by atoms with van der Waals surface area (Å²) in [5.41, 5.74) is 3.75. The summed E-state index contributed by atoms with van der Waals surface area (Å²) < 4.78 is 5.53. The zero-order valence-electron chi connectivity index (χ0n) is 15.7. The molecule has 138 valence electrons. The van der Waals surface area contributed by atoms with E-state index in [2.05, 4.69) is 29.9 Å². The zero-order chi connectivity index (χ0) is 19.2. The van der Waals surface area contributed by atoms with Crippen LogP contribution in [0.25, 0.3) is 16.8 Å². The second-order valence-corrected chi connectivity index (χ2v) is 6.70. The summed E-state index contributed by atoms with van der Waals surface area (Å²) in [4.78, 5) is 21.3. The van der Waals surface area contributed by atoms with Gasteiger partial charge in [-0.05, 0) is 30.0 Å². The summed E-state index contributed by atoms with van der Waals surface area (Å²) in [6.45, 7) is 4.59. The maximum atomic E-state index is 12.7. The monoisotopic (exact) mass is 361 g/mol. The van der Waals surface area contributed by atoms with Crippen LogP contribution < -0.4 is 0 Å². The molecule has 1 unspecified atom stereocenters. The highest BCUT2D eigenvalue weighted by Crippen LogP contribution is 2.43. The molecule has 0 aromatic carbocycles. The van der Waals surface area contributed by atoms with Gasteiger partial charge in [-0.2, -0.15) is 5.26 Å². The Bertz CT molecular complexity index is 864. The van der Waals surface area contributed by atoms with E-state index in [9.17, 15) is 10.1 Å². The number of fused-ring (bicyclic) bond motifs is 3. The molecule has 0 spiro atoms. The van der Waals surface area contributed by atoms with Crippen molar-refractivity contribution in [3.05, 3.63) is 53.5 Å². The molecule has 0 radical (unpaired) electrons. The Morgan fingerprint density at radius 2 is 2.07 bits per heavy atom. The van der Waals surface area contributed by atoms with E-state index in [1.807, 2.05) is 12.1 Å². The Morgan fingerprint density at radius 3 is 2.81 bits per heavy atom. The van der Waals surface area contributed by atoms with Crippen LogP contribution in [-0.2, 0) is 9.53 Å². The topological polar surface area (TPSA) is 75.9 Å². The third-order valence-electron chi connectivity index (χ3n) is 4.98. The molecule has 0 aliphatic heterocycles. The Morgan fingerprint density at radius 1 is 1.22 bits per heavy atom. The molecule has 27 heavy (non-hydrogen) atoms. The summed E-state index contributed by atoms with van der Waals surface area (Å²) in [7, 11) is 0. The Hall–Kier alpha value is -3.00. The predicted molar refractivity (Wildman–Crippen MR) is 103 cm³/mol. The average Bonchev–Trinajstić information content (AvgIpc) is 3.04. The first-order chi connectivity index (χ1) is 13.2. The van der Waals surface area contributed by atoms with Crippen molar-refractivity contribution in [2.45, 2.75) is 39.5 Å². The van der Waals surface area contributed by atoms with E-state index < -0.39 is 5.97 Å². The van der Waals surface area contributed by atoms with E-state index in [1.165, 1.54) is 0 Å². The number of hydrogen-bond acceptors (Lipinski definition) is 5. The Balaban J connectivity index is 1.93. The van der Waals surface area contributed by atoms with Crippen LogP contribution in [0.2, 0.25) is 0 Å². The summed E-state index contributed by atoms with van der Waals surface area (Å²) in [5.74, 6) is -0.241. The van der Waals surface area contributed by atoms with E-state index in [0.29, 0.717) is 18.1 Å². The highest BCUT2D eigenvalue weighted by atomic mass is 16.5. The number of esters is 1. The van der Waals surface area contributed by atoms with Gasteiger partial charge in [-0.1, -0.05) is 39.2 Å². The maximum absolute atomic E-state index is 12.7. The molecule has 0 fully saturated rings. The lowest BCUT2D eigenvalue weighted by atomic mass is 9.99. The SMILES string of the molecule is CCCCC(CC)COC(=O)/C(C#N)=C1/c2ccncc2-c2ncccc21. The van der Waals surface area contributed by atoms with E-state index in [1.54, 1.807) is 24.7 Å². The van der Waals surface area contributed by atoms with Gasteiger partial charge in [0.05, 0.1) is 12.3 Å². The van der Waals surface area contributed by atoms with Crippen LogP contribution in [0.1, 0.15) is 50.7 Å². The molecule has 2 heterocycles. The first-order valence-corrected chi connectivity index (χ1v) is 9.42. The van der Waals surface area contributed by atoms with Gasteiger partial charge in [-0.3, -0.25) is 9.97 Å². The third kappa shape index (κ3) is 3.75. The predicted octanol–water partition coefficient (Wildman–Crippen LogP) is 4.54. The van der Waals surface area contributed by atoms with Crippen LogP contribution in [0, 0.1) is 17.2 Å². The Labute approximate surface area is 159 Å². The van der Waals surface area contributed by atoms with Crippen LogP contribution >= 0.6 is 0 Å². The van der Waals surface area contributed by atoms with Gasteiger partial charge < -0.3 is 4.74 Å². The average molecular weight is 361 g/mol. The number of carbonyl (C=O) groups is 1. The van der Waals surface area contributed by atoms with Crippen molar-refractivity contribution >= 4 is 11.5 Å². The lowest BCUT2D eigenvalue weighted by Gasteiger charge is -2.15. The number of nitrogens with zero attached hydrogens (tertiary/aromatic N) is 3. The van der Waals surface area contributed by atoms with Gasteiger partial charge in [0, 0.05) is 35.3 Å². The molecule has 1 atom stereocenters. The molecule has 1 aliphatic rings. The van der Waals surface area contributed by atoms with Crippen LogP contribution in [0.15, 0.2) is 42.4 Å². The highest BCUT2D eigenvalue weighted by molar-refractivity contribution is 6.11. The number of aromatic nitrogens is 2. The summed E-state index contributed by atoms with van der Waals surface area (Å²) in [5, 5.41) is 9.73. The smallest absolute Gasteiger partial charge is 0.349 e. The molecule has 0 saturated heterocycles. The number of ether oxygens (including phenoxy) is 1. The largest absolute Gasteiger partial charge is 0.461 e. The molecule has 5 heteroatoms. The number of carbonyl (C=O) groups excluding carboxylic acids is 1. The molecular weight excluding hydrogens is 338 g/mol. The minimum absolute atomic E-state index is 0.0274. The fourth-order valence-corrected chi connectivity index (χ4v) is 3.40. The Kier molecular flexibility index (Phi) is 5.97. The van der Waals surface area contributed by atoms with E-state index in [4.69, 9.17) is 4.74 Å². The number of rotatable bonds is 7. The molecule has 1 aliphatic carbocycles. The second kappa shape index (κ2) is 8.59. The van der Waals surface area contributed by atoms with Crippen molar-refractivity contribution in [3.8, 4) is 17.3 Å². The van der Waals surface area contributed by atoms with Crippen LogP contribution in [0.3, 0.4) is 0 Å². The highest BCUT2D eigenvalue weighted by Gasteiger charge is 2.30. The zero-order valence-corrected chi connectivity index (χ0v) is 15.7. The fourth-order valence-electron chi connectivity index (χ4n) is 3.40. The van der Waals surface area contributed by atoms with Gasteiger partial charge in [0.2, 0.25) is 0 Å². The number of hydrogen-bond donors (Lipinski definition) is 0. The van der Waals surface area contributed by atoms with Crippen LogP contribution in [0.5, 0.6) is 0 Å². The summed E-state index contributed by atoms with van der Waals surface area (Å²) >= 11 is 0. The van der Waals surface area contributed by atoms with Gasteiger partial charge in [-0.15, -0.1) is 0 Å². The first kappa shape index (κ1) is 18.8. The van der Waals surface area contributed by atoms with E-state index >= 15 is 0 Å². The first-order valence-electron chi connectivity index (χ1n) is 9.42. The summed E-state index contributed by atoms with van der Waals surface area (Å²) in [6, 6.07) is 7.56. The molecule has 0 saturated carbocycles. The normalized spacial score (nSPS) is 14.7. The number of pyridine rings is 2. The number of nitriles is 1. The summed E-state index contributed by atoms with van der Waals surface area (Å²) in [6.07, 6.45) is 9.28. The molecule has 3 rings (SSSR count). The molecular formula is C22H23N3O2. The van der Waals surface area contributed by atoms with Gasteiger partial charge in [-0.25, -0.2) is 4.79 Å². The molecule has 5 nitrogen and oxygen atoms in total.